The average Bonchev–Trinajstić information content (AvgIpc) is 2.44. The minimum Gasteiger partial charge on any atom is -0.493 e. The van der Waals surface area contributed by atoms with Gasteiger partial charge in [0.15, 0.2) is 11.5 Å². The van der Waals surface area contributed by atoms with E-state index in [0.717, 1.165) is 0 Å². The molecule has 6 heteroatoms. The Morgan fingerprint density at radius 1 is 1.30 bits per heavy atom. The number of amides is 1. The molecule has 0 aliphatic heterocycles. The summed E-state index contributed by atoms with van der Waals surface area (Å²) in [6.07, 6.45) is 1.47. The molecular weight excluding hydrogens is 262 g/mol. The number of hydrogen-bond donors (Lipinski definition) is 1. The Balaban J connectivity index is 3.04. The summed E-state index contributed by atoms with van der Waals surface area (Å²) < 4.78 is 10.2. The fraction of sp³-hybridized carbons (Fsp3) is 0.286. The number of ether oxygens (including phenoxy) is 2. The van der Waals surface area contributed by atoms with Crippen molar-refractivity contribution in [2.75, 3.05) is 27.3 Å². The first kappa shape index (κ1) is 15.6. The van der Waals surface area contributed by atoms with Gasteiger partial charge in [0.25, 0.3) is 5.91 Å². The van der Waals surface area contributed by atoms with E-state index >= 15 is 0 Å². The van der Waals surface area contributed by atoms with Crippen molar-refractivity contribution < 1.29 is 24.2 Å². The Bertz CT molecular complexity index is 512. The average molecular weight is 279 g/mol. The second-order valence-electron chi connectivity index (χ2n) is 3.94. The van der Waals surface area contributed by atoms with E-state index in [-0.39, 0.29) is 13.1 Å². The van der Waals surface area contributed by atoms with E-state index in [4.69, 9.17) is 14.6 Å². The van der Waals surface area contributed by atoms with Crippen LogP contribution in [0.2, 0.25) is 0 Å². The van der Waals surface area contributed by atoms with Crippen LogP contribution in [0.4, 0.5) is 0 Å². The molecule has 0 aliphatic rings. The Labute approximate surface area is 117 Å². The van der Waals surface area contributed by atoms with Crippen LogP contribution in [0.15, 0.2) is 30.9 Å². The lowest BCUT2D eigenvalue weighted by molar-refractivity contribution is -0.137. The molecule has 0 heterocycles. The molecule has 1 aromatic rings. The molecule has 0 bridgehead atoms. The maximum absolute atomic E-state index is 12.3. The van der Waals surface area contributed by atoms with Crippen LogP contribution in [0.1, 0.15) is 10.4 Å². The first-order valence-corrected chi connectivity index (χ1v) is 5.87. The van der Waals surface area contributed by atoms with E-state index in [1.165, 1.54) is 31.3 Å². The topological polar surface area (TPSA) is 76.1 Å². The van der Waals surface area contributed by atoms with Crippen LogP contribution in [0, 0.1) is 0 Å². The molecule has 20 heavy (non-hydrogen) atoms. The van der Waals surface area contributed by atoms with Gasteiger partial charge in [-0.25, -0.2) is 0 Å². The van der Waals surface area contributed by atoms with Crippen LogP contribution in [-0.2, 0) is 4.79 Å². The van der Waals surface area contributed by atoms with E-state index in [2.05, 4.69) is 6.58 Å². The van der Waals surface area contributed by atoms with E-state index in [0.29, 0.717) is 17.1 Å². The number of methoxy groups -OCH3 is 2. The summed E-state index contributed by atoms with van der Waals surface area (Å²) in [6.45, 7) is 3.28. The fourth-order valence-electron chi connectivity index (χ4n) is 1.69. The molecule has 1 amide bonds. The van der Waals surface area contributed by atoms with Crippen molar-refractivity contribution in [3.63, 3.8) is 0 Å². The second kappa shape index (κ2) is 7.18. The maximum Gasteiger partial charge on any atom is 0.323 e. The highest BCUT2D eigenvalue weighted by atomic mass is 16.5. The molecule has 0 spiro atoms. The smallest absolute Gasteiger partial charge is 0.323 e. The monoisotopic (exact) mass is 279 g/mol. The van der Waals surface area contributed by atoms with E-state index in [1.54, 1.807) is 12.1 Å². The van der Waals surface area contributed by atoms with Gasteiger partial charge >= 0.3 is 5.97 Å². The minimum absolute atomic E-state index is 0.152. The summed E-state index contributed by atoms with van der Waals surface area (Å²) in [6, 6.07) is 4.67. The van der Waals surface area contributed by atoms with Gasteiger partial charge in [-0.15, -0.1) is 6.58 Å². The number of hydrogen-bond acceptors (Lipinski definition) is 4. The summed E-state index contributed by atoms with van der Waals surface area (Å²) >= 11 is 0. The van der Waals surface area contributed by atoms with Gasteiger partial charge in [-0.2, -0.15) is 0 Å². The Morgan fingerprint density at radius 2 is 1.95 bits per heavy atom. The van der Waals surface area contributed by atoms with Crippen LogP contribution in [0.5, 0.6) is 11.5 Å². The van der Waals surface area contributed by atoms with Gasteiger partial charge in [0.05, 0.1) is 14.2 Å². The normalized spacial score (nSPS) is 9.70. The summed E-state index contributed by atoms with van der Waals surface area (Å²) in [5.41, 5.74) is 0.325. The van der Waals surface area contributed by atoms with Crippen molar-refractivity contribution in [1.82, 2.24) is 4.90 Å². The molecule has 108 valence electrons. The van der Waals surface area contributed by atoms with Gasteiger partial charge in [0.1, 0.15) is 6.54 Å². The molecule has 0 aromatic heterocycles. The largest absolute Gasteiger partial charge is 0.493 e. The summed E-state index contributed by atoms with van der Waals surface area (Å²) in [5.74, 6) is -0.585. The predicted octanol–water partition coefficient (Wildman–Crippen LogP) is 1.42. The number of carbonyl (C=O) groups excluding carboxylic acids is 1. The lowest BCUT2D eigenvalue weighted by Gasteiger charge is -2.19. The molecule has 1 aromatic carbocycles. The third-order valence-corrected chi connectivity index (χ3v) is 2.59. The van der Waals surface area contributed by atoms with Gasteiger partial charge in [-0.3, -0.25) is 9.59 Å². The highest BCUT2D eigenvalue weighted by molar-refractivity contribution is 5.96. The first-order valence-electron chi connectivity index (χ1n) is 5.87. The van der Waals surface area contributed by atoms with Crippen LogP contribution in [0.3, 0.4) is 0 Å². The van der Waals surface area contributed by atoms with E-state index < -0.39 is 11.9 Å². The molecule has 0 atom stereocenters. The van der Waals surface area contributed by atoms with Crippen LogP contribution < -0.4 is 9.47 Å². The number of carbonyl (C=O) groups is 2. The van der Waals surface area contributed by atoms with Gasteiger partial charge in [0.2, 0.25) is 0 Å². The van der Waals surface area contributed by atoms with Gasteiger partial charge in [-0.05, 0) is 18.2 Å². The lowest BCUT2D eigenvalue weighted by Crippen LogP contribution is -2.35. The fourth-order valence-corrected chi connectivity index (χ4v) is 1.69. The third kappa shape index (κ3) is 3.74. The molecule has 0 radical (unpaired) electrons. The van der Waals surface area contributed by atoms with Gasteiger partial charge in [-0.1, -0.05) is 6.08 Å². The van der Waals surface area contributed by atoms with Crippen LogP contribution >= 0.6 is 0 Å². The molecule has 0 fully saturated rings. The maximum atomic E-state index is 12.3. The Morgan fingerprint density at radius 3 is 2.45 bits per heavy atom. The Hall–Kier alpha value is -2.50. The highest BCUT2D eigenvalue weighted by Gasteiger charge is 2.19. The quantitative estimate of drug-likeness (QED) is 0.764. The molecule has 0 saturated heterocycles. The van der Waals surface area contributed by atoms with Crippen molar-refractivity contribution in [2.24, 2.45) is 0 Å². The zero-order valence-corrected chi connectivity index (χ0v) is 11.5. The Kier molecular flexibility index (Phi) is 5.58. The number of nitrogens with zero attached hydrogens (tertiary/aromatic N) is 1. The second-order valence-corrected chi connectivity index (χ2v) is 3.94. The van der Waals surface area contributed by atoms with Gasteiger partial charge < -0.3 is 19.5 Å². The number of aliphatic carboxylic acids is 1. The summed E-state index contributed by atoms with van der Waals surface area (Å²) in [4.78, 5) is 24.2. The zero-order chi connectivity index (χ0) is 15.1. The van der Waals surface area contributed by atoms with Crippen molar-refractivity contribution in [3.05, 3.63) is 36.4 Å². The standard InChI is InChI=1S/C14H17NO5/c1-4-7-15(9-13(16)17)14(18)10-5-6-11(19-2)12(8-10)20-3/h4-6,8H,1,7,9H2,2-3H3,(H,16,17). The zero-order valence-electron chi connectivity index (χ0n) is 11.5. The molecule has 0 saturated carbocycles. The molecule has 1 N–H and O–H groups in total. The molecule has 6 nitrogen and oxygen atoms in total. The van der Waals surface area contributed by atoms with Crippen LogP contribution in [0.25, 0.3) is 0 Å². The van der Waals surface area contributed by atoms with Crippen LogP contribution in [-0.4, -0.2) is 49.2 Å². The molecule has 1 rings (SSSR count). The number of benzene rings is 1. The third-order valence-electron chi connectivity index (χ3n) is 2.59. The predicted molar refractivity (Wildman–Crippen MR) is 73.3 cm³/mol. The van der Waals surface area contributed by atoms with E-state index in [1.807, 2.05) is 0 Å². The van der Waals surface area contributed by atoms with E-state index in [9.17, 15) is 9.59 Å². The highest BCUT2D eigenvalue weighted by Crippen LogP contribution is 2.28. The van der Waals surface area contributed by atoms with Gasteiger partial charge in [0, 0.05) is 12.1 Å². The van der Waals surface area contributed by atoms with Crippen molar-refractivity contribution >= 4 is 11.9 Å². The van der Waals surface area contributed by atoms with Crippen molar-refractivity contribution in [2.45, 2.75) is 0 Å². The summed E-state index contributed by atoms with van der Waals surface area (Å²) in [5, 5.41) is 8.82. The summed E-state index contributed by atoms with van der Waals surface area (Å²) in [7, 11) is 2.96. The molecule has 0 unspecified atom stereocenters. The van der Waals surface area contributed by atoms with Crippen molar-refractivity contribution in [1.29, 1.82) is 0 Å². The number of carboxylic acid groups (broad SMARTS) is 1. The SMILES string of the molecule is C=CCN(CC(=O)O)C(=O)c1ccc(OC)c(OC)c1. The molecular formula is C14H17NO5. The first-order chi connectivity index (χ1) is 9.53. The van der Waals surface area contributed by atoms with Crippen molar-refractivity contribution in [3.8, 4) is 11.5 Å². The number of rotatable bonds is 7. The molecule has 0 aliphatic carbocycles. The minimum atomic E-state index is -1.08. The lowest BCUT2D eigenvalue weighted by atomic mass is 10.1. The number of carboxylic acids is 1.